The van der Waals surface area contributed by atoms with Gasteiger partial charge in [-0.25, -0.2) is 9.97 Å². The molecule has 4 heteroatoms. The zero-order valence-corrected chi connectivity index (χ0v) is 9.03. The van der Waals surface area contributed by atoms with Gasteiger partial charge in [0.05, 0.1) is 0 Å². The van der Waals surface area contributed by atoms with Crippen LogP contribution in [0.25, 0.3) is 0 Å². The Morgan fingerprint density at radius 3 is 2.87 bits per heavy atom. The number of aryl methyl sites for hydroxylation is 1. The normalized spacial score (nSPS) is 22.3. The van der Waals surface area contributed by atoms with E-state index in [1.165, 1.54) is 0 Å². The third kappa shape index (κ3) is 1.40. The highest BCUT2D eigenvalue weighted by Crippen LogP contribution is 2.35. The molecule has 15 heavy (non-hydrogen) atoms. The van der Waals surface area contributed by atoms with Crippen molar-refractivity contribution >= 4 is 5.95 Å². The molecule has 1 N–H and O–H groups in total. The second-order valence-electron chi connectivity index (χ2n) is 4.66. The Balaban J connectivity index is 1.72. The highest BCUT2D eigenvalue weighted by atomic mass is 15.3. The van der Waals surface area contributed by atoms with Gasteiger partial charge < -0.3 is 10.2 Å². The van der Waals surface area contributed by atoms with Crippen molar-refractivity contribution in [1.29, 1.82) is 0 Å². The van der Waals surface area contributed by atoms with Gasteiger partial charge in [0.1, 0.15) is 0 Å². The number of nitrogens with one attached hydrogen (secondary N) is 1. The maximum absolute atomic E-state index is 4.53. The number of aromatic nitrogens is 2. The molecule has 2 saturated heterocycles. The van der Waals surface area contributed by atoms with Crippen LogP contribution in [-0.4, -0.2) is 36.1 Å². The number of hydrogen-bond donors (Lipinski definition) is 1. The third-order valence-corrected chi connectivity index (χ3v) is 3.40. The van der Waals surface area contributed by atoms with E-state index in [4.69, 9.17) is 0 Å². The van der Waals surface area contributed by atoms with E-state index in [0.29, 0.717) is 5.41 Å². The van der Waals surface area contributed by atoms with E-state index >= 15 is 0 Å². The molecule has 0 saturated carbocycles. The third-order valence-electron chi connectivity index (χ3n) is 3.40. The van der Waals surface area contributed by atoms with E-state index in [0.717, 1.165) is 44.2 Å². The molecule has 80 valence electrons. The van der Waals surface area contributed by atoms with Crippen molar-refractivity contribution in [2.45, 2.75) is 13.3 Å². The minimum Gasteiger partial charge on any atom is -0.339 e. The predicted molar refractivity (Wildman–Crippen MR) is 58.9 cm³/mol. The first-order valence-corrected chi connectivity index (χ1v) is 5.59. The topological polar surface area (TPSA) is 41.1 Å². The standard InChI is InChI=1S/C11H16N4/c1-2-9-3-4-13-10(14-9)15-7-11(8-15)5-12-6-11/h3-4,12H,2,5-8H2,1H3. The molecule has 2 aliphatic heterocycles. The summed E-state index contributed by atoms with van der Waals surface area (Å²) in [6, 6.07) is 1.99. The van der Waals surface area contributed by atoms with Gasteiger partial charge in [-0.1, -0.05) is 6.92 Å². The van der Waals surface area contributed by atoms with Crippen LogP contribution in [0.5, 0.6) is 0 Å². The second kappa shape index (κ2) is 3.17. The molecule has 0 atom stereocenters. The lowest BCUT2D eigenvalue weighted by Crippen LogP contribution is -2.71. The van der Waals surface area contributed by atoms with Gasteiger partial charge in [0, 0.05) is 43.5 Å². The van der Waals surface area contributed by atoms with Crippen molar-refractivity contribution < 1.29 is 0 Å². The summed E-state index contributed by atoms with van der Waals surface area (Å²) < 4.78 is 0. The van der Waals surface area contributed by atoms with Crippen LogP contribution in [0.15, 0.2) is 12.3 Å². The zero-order chi connectivity index (χ0) is 10.3. The molecule has 1 aromatic heterocycles. The predicted octanol–water partition coefficient (Wildman–Crippen LogP) is 0.449. The lowest BCUT2D eigenvalue weighted by Gasteiger charge is -2.56. The van der Waals surface area contributed by atoms with Crippen LogP contribution >= 0.6 is 0 Å². The van der Waals surface area contributed by atoms with Crippen LogP contribution in [0.4, 0.5) is 5.95 Å². The fourth-order valence-corrected chi connectivity index (χ4v) is 2.34. The fraction of sp³-hybridized carbons (Fsp3) is 0.636. The number of hydrogen-bond acceptors (Lipinski definition) is 4. The van der Waals surface area contributed by atoms with Crippen molar-refractivity contribution in [2.24, 2.45) is 5.41 Å². The van der Waals surface area contributed by atoms with Crippen molar-refractivity contribution in [1.82, 2.24) is 15.3 Å². The molecule has 1 spiro atoms. The summed E-state index contributed by atoms with van der Waals surface area (Å²) in [4.78, 5) is 11.1. The number of rotatable bonds is 2. The van der Waals surface area contributed by atoms with Crippen LogP contribution in [-0.2, 0) is 6.42 Å². The average Bonchev–Trinajstić information content (AvgIpc) is 2.14. The summed E-state index contributed by atoms with van der Waals surface area (Å²) >= 11 is 0. The van der Waals surface area contributed by atoms with Crippen molar-refractivity contribution in [3.63, 3.8) is 0 Å². The van der Waals surface area contributed by atoms with E-state index in [-0.39, 0.29) is 0 Å². The molecule has 0 unspecified atom stereocenters. The SMILES string of the molecule is CCc1ccnc(N2CC3(CNC3)C2)n1. The van der Waals surface area contributed by atoms with Crippen LogP contribution in [0, 0.1) is 5.41 Å². The minimum absolute atomic E-state index is 0.547. The Morgan fingerprint density at radius 2 is 2.27 bits per heavy atom. The fourth-order valence-electron chi connectivity index (χ4n) is 2.34. The van der Waals surface area contributed by atoms with Crippen molar-refractivity contribution in [2.75, 3.05) is 31.1 Å². The Hall–Kier alpha value is -1.16. The molecule has 0 bridgehead atoms. The zero-order valence-electron chi connectivity index (χ0n) is 9.03. The average molecular weight is 204 g/mol. The quantitative estimate of drug-likeness (QED) is 0.759. The maximum atomic E-state index is 4.53. The van der Waals surface area contributed by atoms with E-state index in [1.54, 1.807) is 0 Å². The molecule has 1 aromatic rings. The molecule has 0 amide bonds. The molecular formula is C11H16N4. The van der Waals surface area contributed by atoms with Gasteiger partial charge in [0.25, 0.3) is 0 Å². The van der Waals surface area contributed by atoms with E-state index in [2.05, 4.69) is 27.1 Å². The summed E-state index contributed by atoms with van der Waals surface area (Å²) in [7, 11) is 0. The van der Waals surface area contributed by atoms with Crippen LogP contribution < -0.4 is 10.2 Å². The van der Waals surface area contributed by atoms with Crippen molar-refractivity contribution in [3.05, 3.63) is 18.0 Å². The molecule has 0 aromatic carbocycles. The van der Waals surface area contributed by atoms with Gasteiger partial charge in [-0.2, -0.15) is 0 Å². The Labute approximate surface area is 89.7 Å². The first-order valence-electron chi connectivity index (χ1n) is 5.59. The molecule has 3 rings (SSSR count). The molecule has 0 aliphatic carbocycles. The van der Waals surface area contributed by atoms with Crippen molar-refractivity contribution in [3.8, 4) is 0 Å². The second-order valence-corrected chi connectivity index (χ2v) is 4.66. The minimum atomic E-state index is 0.547. The summed E-state index contributed by atoms with van der Waals surface area (Å²) in [6.45, 7) is 6.69. The molecule has 2 aliphatic rings. The maximum Gasteiger partial charge on any atom is 0.225 e. The summed E-state index contributed by atoms with van der Waals surface area (Å²) in [5, 5.41) is 3.33. The highest BCUT2D eigenvalue weighted by Gasteiger charge is 2.48. The van der Waals surface area contributed by atoms with E-state index in [9.17, 15) is 0 Å². The van der Waals surface area contributed by atoms with Gasteiger partial charge >= 0.3 is 0 Å². The van der Waals surface area contributed by atoms with Gasteiger partial charge in [-0.15, -0.1) is 0 Å². The Morgan fingerprint density at radius 1 is 1.47 bits per heavy atom. The number of nitrogens with zero attached hydrogens (tertiary/aromatic N) is 3. The number of anilines is 1. The summed E-state index contributed by atoms with van der Waals surface area (Å²) in [5.41, 5.74) is 1.68. The lowest BCUT2D eigenvalue weighted by atomic mass is 9.75. The van der Waals surface area contributed by atoms with Crippen LogP contribution in [0.3, 0.4) is 0 Å². The molecule has 2 fully saturated rings. The molecular weight excluding hydrogens is 188 g/mol. The summed E-state index contributed by atoms with van der Waals surface area (Å²) in [5.74, 6) is 0.909. The van der Waals surface area contributed by atoms with Gasteiger partial charge in [0.2, 0.25) is 5.95 Å². The lowest BCUT2D eigenvalue weighted by molar-refractivity contribution is 0.119. The molecule has 3 heterocycles. The Kier molecular flexibility index (Phi) is 1.92. The van der Waals surface area contributed by atoms with Gasteiger partial charge in [0.15, 0.2) is 0 Å². The summed E-state index contributed by atoms with van der Waals surface area (Å²) in [6.07, 6.45) is 2.85. The van der Waals surface area contributed by atoms with E-state index in [1.807, 2.05) is 12.3 Å². The Bertz CT molecular complexity index is 365. The molecule has 4 nitrogen and oxygen atoms in total. The van der Waals surface area contributed by atoms with Crippen LogP contribution in [0.1, 0.15) is 12.6 Å². The van der Waals surface area contributed by atoms with Crippen LogP contribution in [0.2, 0.25) is 0 Å². The highest BCUT2D eigenvalue weighted by molar-refractivity contribution is 5.38. The van der Waals surface area contributed by atoms with Gasteiger partial charge in [-0.3, -0.25) is 0 Å². The smallest absolute Gasteiger partial charge is 0.225 e. The van der Waals surface area contributed by atoms with E-state index < -0.39 is 0 Å². The monoisotopic (exact) mass is 204 g/mol. The first-order chi connectivity index (χ1) is 7.31. The molecule has 0 radical (unpaired) electrons. The van der Waals surface area contributed by atoms with Gasteiger partial charge in [-0.05, 0) is 12.5 Å². The largest absolute Gasteiger partial charge is 0.339 e. The first kappa shape index (κ1) is 9.09.